The molecule has 33 heavy (non-hydrogen) atoms. The van der Waals surface area contributed by atoms with Crippen molar-refractivity contribution in [1.82, 2.24) is 0 Å². The number of ether oxygens (including phenoxy) is 2. The van der Waals surface area contributed by atoms with Crippen LogP contribution in [0.2, 0.25) is 0 Å². The first-order valence-electron chi connectivity index (χ1n) is 10.1. The van der Waals surface area contributed by atoms with Crippen molar-refractivity contribution in [2.24, 2.45) is 5.16 Å². The molecule has 170 valence electrons. The first-order chi connectivity index (χ1) is 15.9. The lowest BCUT2D eigenvalue weighted by Gasteiger charge is -2.15. The molecule has 0 saturated carbocycles. The zero-order valence-electron chi connectivity index (χ0n) is 18.3. The number of benzene rings is 2. The topological polar surface area (TPSA) is 77.4 Å². The second-order valence-corrected chi connectivity index (χ2v) is 7.70. The number of anilines is 1. The van der Waals surface area contributed by atoms with Crippen LogP contribution in [0.3, 0.4) is 0 Å². The van der Waals surface area contributed by atoms with Crippen LogP contribution in [0.5, 0.6) is 5.75 Å². The van der Waals surface area contributed by atoms with Gasteiger partial charge in [0.2, 0.25) is 0 Å². The lowest BCUT2D eigenvalue weighted by molar-refractivity contribution is -0.138. The molecule has 2 aromatic rings. The minimum Gasteiger partial charge on any atom is -0.497 e. The van der Waals surface area contributed by atoms with Crippen molar-refractivity contribution in [2.75, 3.05) is 25.2 Å². The average Bonchev–Trinajstić information content (AvgIpc) is 3.08. The molecule has 7 nitrogen and oxygen atoms in total. The molecular weight excluding hydrogens is 488 g/mol. The summed E-state index contributed by atoms with van der Waals surface area (Å²) in [6.07, 6.45) is 3.19. The van der Waals surface area contributed by atoms with Gasteiger partial charge in [0.15, 0.2) is 11.5 Å². The zero-order chi connectivity index (χ0) is 24.0. The Kier molecular flexibility index (Phi) is 7.84. The Labute approximate surface area is 200 Å². The Balaban J connectivity index is 1.95. The van der Waals surface area contributed by atoms with E-state index in [-0.39, 0.29) is 29.6 Å². The van der Waals surface area contributed by atoms with Crippen LogP contribution in [-0.2, 0) is 19.2 Å². The molecule has 0 radical (unpaired) electrons. The van der Waals surface area contributed by atoms with Gasteiger partial charge in [0, 0.05) is 16.6 Å². The van der Waals surface area contributed by atoms with Gasteiger partial charge in [0.05, 0.1) is 19.4 Å². The van der Waals surface area contributed by atoms with Crippen molar-refractivity contribution < 1.29 is 23.9 Å². The number of hydrogen-bond acceptors (Lipinski definition) is 6. The molecule has 0 bridgehead atoms. The highest BCUT2D eigenvalue weighted by Crippen LogP contribution is 2.36. The number of rotatable bonds is 9. The van der Waals surface area contributed by atoms with Gasteiger partial charge in [-0.3, -0.25) is 4.79 Å². The Morgan fingerprint density at radius 3 is 2.70 bits per heavy atom. The van der Waals surface area contributed by atoms with E-state index in [0.717, 1.165) is 4.47 Å². The van der Waals surface area contributed by atoms with Gasteiger partial charge < -0.3 is 19.2 Å². The summed E-state index contributed by atoms with van der Waals surface area (Å²) in [5, 5.41) is 4.06. The number of fused-ring (bicyclic) bond motifs is 1. The minimum atomic E-state index is -0.625. The largest absolute Gasteiger partial charge is 0.497 e. The number of methoxy groups -OCH3 is 1. The van der Waals surface area contributed by atoms with Gasteiger partial charge in [-0.05, 0) is 52.7 Å². The molecule has 0 aliphatic carbocycles. The van der Waals surface area contributed by atoms with Gasteiger partial charge in [0.1, 0.15) is 11.3 Å². The molecular formula is C25H23BrN2O5. The number of nitrogens with zero attached hydrogens (tertiary/aromatic N) is 2. The third kappa shape index (κ3) is 5.23. The van der Waals surface area contributed by atoms with Crippen LogP contribution < -0.4 is 9.64 Å². The van der Waals surface area contributed by atoms with E-state index in [2.05, 4.69) is 34.2 Å². The minimum absolute atomic E-state index is 0.0599. The first kappa shape index (κ1) is 24.0. The summed E-state index contributed by atoms with van der Waals surface area (Å²) in [5.41, 5.74) is 2.11. The predicted octanol–water partition coefficient (Wildman–Crippen LogP) is 4.87. The van der Waals surface area contributed by atoms with Crippen LogP contribution in [0.25, 0.3) is 6.08 Å². The third-order valence-corrected chi connectivity index (χ3v) is 5.36. The van der Waals surface area contributed by atoms with E-state index >= 15 is 0 Å². The fraction of sp³-hybridized carbons (Fsp3) is 0.160. The molecule has 1 aliphatic heterocycles. The second kappa shape index (κ2) is 10.8. The Morgan fingerprint density at radius 2 is 2.00 bits per heavy atom. The Bertz CT molecular complexity index is 1170. The fourth-order valence-corrected chi connectivity index (χ4v) is 3.81. The molecule has 3 rings (SSSR count). The summed E-state index contributed by atoms with van der Waals surface area (Å²) in [6, 6.07) is 12.5. The average molecular weight is 511 g/mol. The number of carbonyl (C=O) groups excluding carboxylic acids is 2. The molecule has 0 unspecified atom stereocenters. The van der Waals surface area contributed by atoms with Gasteiger partial charge in [-0.2, -0.15) is 0 Å². The van der Waals surface area contributed by atoms with E-state index in [1.807, 2.05) is 6.07 Å². The predicted molar refractivity (Wildman–Crippen MR) is 131 cm³/mol. The summed E-state index contributed by atoms with van der Waals surface area (Å²) >= 11 is 3.48. The summed E-state index contributed by atoms with van der Waals surface area (Å²) in [5.74, 6) is -0.408. The second-order valence-electron chi connectivity index (χ2n) is 6.85. The van der Waals surface area contributed by atoms with Crippen molar-refractivity contribution in [3.63, 3.8) is 0 Å². The summed E-state index contributed by atoms with van der Waals surface area (Å²) in [6.45, 7) is 9.72. The maximum absolute atomic E-state index is 13.0. The Hall–Kier alpha value is -3.65. The molecule has 0 N–H and O–H groups in total. The molecule has 0 atom stereocenters. The number of esters is 1. The van der Waals surface area contributed by atoms with Gasteiger partial charge in [0.25, 0.3) is 5.91 Å². The van der Waals surface area contributed by atoms with Crippen molar-refractivity contribution >= 4 is 45.3 Å². The van der Waals surface area contributed by atoms with Gasteiger partial charge in [-0.15, -0.1) is 6.58 Å². The molecule has 1 heterocycles. The molecule has 8 heteroatoms. The highest BCUT2D eigenvalue weighted by Gasteiger charge is 2.35. The summed E-state index contributed by atoms with van der Waals surface area (Å²) in [7, 11) is 1.55. The van der Waals surface area contributed by atoms with E-state index in [1.54, 1.807) is 62.6 Å². The van der Waals surface area contributed by atoms with E-state index in [9.17, 15) is 9.59 Å². The lowest BCUT2D eigenvalue weighted by atomic mass is 10.1. The summed E-state index contributed by atoms with van der Waals surface area (Å²) < 4.78 is 11.1. The van der Waals surface area contributed by atoms with E-state index in [1.165, 1.54) is 4.90 Å². The fourth-order valence-electron chi connectivity index (χ4n) is 3.23. The smallest absolute Gasteiger partial charge is 0.342 e. The first-order valence-corrected chi connectivity index (χ1v) is 10.9. The Morgan fingerprint density at radius 1 is 1.24 bits per heavy atom. The normalized spacial score (nSPS) is 14.2. The number of hydrogen-bond donors (Lipinski definition) is 0. The van der Waals surface area contributed by atoms with Gasteiger partial charge in [-0.1, -0.05) is 42.1 Å². The zero-order valence-corrected chi connectivity index (χ0v) is 19.9. The maximum atomic E-state index is 13.0. The quantitative estimate of drug-likeness (QED) is 0.120. The standard InChI is InChI=1S/C25H23BrN2O5/c1-5-13-28-23-19(11-8-12-21(23)26)22(24(28)29)27-33-16(3)20(25(30)32-6-2)15-17-9-7-10-18(14-17)31-4/h5,7-12,14-15H,1,3,6,13H2,2,4H3/b20-15+,27-22+. The van der Waals surface area contributed by atoms with Crippen LogP contribution in [0.1, 0.15) is 18.1 Å². The van der Waals surface area contributed by atoms with Gasteiger partial charge >= 0.3 is 5.97 Å². The van der Waals surface area contributed by atoms with Crippen molar-refractivity contribution in [2.45, 2.75) is 6.92 Å². The van der Waals surface area contributed by atoms with E-state index in [0.29, 0.717) is 29.1 Å². The molecule has 0 spiro atoms. The number of oxime groups is 1. The van der Waals surface area contributed by atoms with Gasteiger partial charge in [-0.25, -0.2) is 4.79 Å². The molecule has 0 aromatic heterocycles. The highest BCUT2D eigenvalue weighted by atomic mass is 79.9. The van der Waals surface area contributed by atoms with Crippen LogP contribution >= 0.6 is 15.9 Å². The molecule has 1 aliphatic rings. The maximum Gasteiger partial charge on any atom is 0.342 e. The third-order valence-electron chi connectivity index (χ3n) is 4.72. The SMILES string of the molecule is C=CCN1C(=O)/C(=N/OC(=C)/C(=C\c2cccc(OC)c2)C(=O)OCC)c2cccc(Br)c21. The van der Waals surface area contributed by atoms with Crippen LogP contribution in [0.15, 0.2) is 82.7 Å². The van der Waals surface area contributed by atoms with Crippen molar-refractivity contribution in [3.8, 4) is 5.75 Å². The number of amides is 1. The number of para-hydroxylation sites is 1. The van der Waals surface area contributed by atoms with E-state index in [4.69, 9.17) is 14.3 Å². The molecule has 1 amide bonds. The van der Waals surface area contributed by atoms with E-state index < -0.39 is 5.97 Å². The number of halogens is 1. The lowest BCUT2D eigenvalue weighted by Crippen LogP contribution is -2.30. The summed E-state index contributed by atoms with van der Waals surface area (Å²) in [4.78, 5) is 32.6. The molecule has 0 fully saturated rings. The van der Waals surface area contributed by atoms with Crippen LogP contribution in [-0.4, -0.2) is 37.8 Å². The monoisotopic (exact) mass is 510 g/mol. The number of carbonyl (C=O) groups is 2. The van der Waals surface area contributed by atoms with Crippen molar-refractivity contribution in [1.29, 1.82) is 0 Å². The molecule has 0 saturated heterocycles. The molecule has 2 aromatic carbocycles. The van der Waals surface area contributed by atoms with Crippen LogP contribution in [0, 0.1) is 0 Å². The van der Waals surface area contributed by atoms with Crippen molar-refractivity contribution in [3.05, 3.63) is 88.6 Å². The van der Waals surface area contributed by atoms with Crippen LogP contribution in [0.4, 0.5) is 5.69 Å². The highest BCUT2D eigenvalue weighted by molar-refractivity contribution is 9.10.